The number of nitro groups is 1. The Balaban J connectivity index is 2.06. The van der Waals surface area contributed by atoms with Crippen molar-refractivity contribution in [1.82, 2.24) is 10.2 Å². The molecule has 2 amide bonds. The molecule has 0 spiro atoms. The van der Waals surface area contributed by atoms with Crippen molar-refractivity contribution < 1.29 is 27.3 Å². The molecule has 3 aromatic rings. The summed E-state index contributed by atoms with van der Waals surface area (Å²) in [6, 6.07) is 16.6. The van der Waals surface area contributed by atoms with Crippen LogP contribution in [-0.2, 0) is 26.2 Å². The van der Waals surface area contributed by atoms with Gasteiger partial charge in [0.15, 0.2) is 0 Å². The summed E-state index contributed by atoms with van der Waals surface area (Å²) in [7, 11) is -4.30. The molecule has 0 bridgehead atoms. The highest BCUT2D eigenvalue weighted by Crippen LogP contribution is 2.26. The van der Waals surface area contributed by atoms with E-state index in [4.69, 9.17) is 0 Å². The maximum atomic E-state index is 14.0. The molecule has 0 aliphatic carbocycles. The molecule has 0 heterocycles. The zero-order chi connectivity index (χ0) is 30.2. The van der Waals surface area contributed by atoms with E-state index in [1.165, 1.54) is 65.6 Å². The molecule has 0 fully saturated rings. The van der Waals surface area contributed by atoms with Crippen molar-refractivity contribution in [3.63, 3.8) is 0 Å². The molecular formula is C29H33FN4O6S. The summed E-state index contributed by atoms with van der Waals surface area (Å²) in [5.74, 6) is -1.55. The summed E-state index contributed by atoms with van der Waals surface area (Å²) in [4.78, 5) is 39.0. The van der Waals surface area contributed by atoms with Gasteiger partial charge in [-0.05, 0) is 61.7 Å². The second kappa shape index (κ2) is 13.8. The number of halogens is 1. The third kappa shape index (κ3) is 7.88. The van der Waals surface area contributed by atoms with Gasteiger partial charge in [-0.15, -0.1) is 0 Å². The van der Waals surface area contributed by atoms with E-state index in [2.05, 4.69) is 5.32 Å². The minimum absolute atomic E-state index is 0.0339. The average Bonchev–Trinajstić information content (AvgIpc) is 2.97. The maximum absolute atomic E-state index is 14.0. The Morgan fingerprint density at radius 3 is 2.10 bits per heavy atom. The first kappa shape index (κ1) is 31.2. The van der Waals surface area contributed by atoms with Gasteiger partial charge in [-0.25, -0.2) is 12.8 Å². The van der Waals surface area contributed by atoms with E-state index in [-0.39, 0.29) is 35.3 Å². The molecule has 3 rings (SSSR count). The molecule has 0 aliphatic rings. The second-order valence-corrected chi connectivity index (χ2v) is 11.4. The predicted molar refractivity (Wildman–Crippen MR) is 153 cm³/mol. The minimum Gasteiger partial charge on any atom is -0.352 e. The monoisotopic (exact) mass is 584 g/mol. The van der Waals surface area contributed by atoms with Crippen LogP contribution in [0.1, 0.15) is 39.2 Å². The first-order chi connectivity index (χ1) is 19.5. The van der Waals surface area contributed by atoms with E-state index in [1.807, 2.05) is 13.8 Å². The number of non-ortho nitro benzene ring substituents is 1. The number of anilines is 1. The van der Waals surface area contributed by atoms with Crippen LogP contribution in [0, 0.1) is 15.9 Å². The number of carbonyl (C=O) groups excluding carboxylic acids is 2. The summed E-state index contributed by atoms with van der Waals surface area (Å²) >= 11 is 0. The number of nitrogens with one attached hydrogen (secondary N) is 1. The Kier molecular flexibility index (Phi) is 10.5. The van der Waals surface area contributed by atoms with Crippen LogP contribution >= 0.6 is 0 Å². The van der Waals surface area contributed by atoms with Crippen molar-refractivity contribution in [2.24, 2.45) is 0 Å². The molecule has 41 heavy (non-hydrogen) atoms. The van der Waals surface area contributed by atoms with Gasteiger partial charge in [0, 0.05) is 24.7 Å². The van der Waals surface area contributed by atoms with Crippen LogP contribution in [-0.4, -0.2) is 48.7 Å². The Labute approximate surface area is 239 Å². The van der Waals surface area contributed by atoms with Crippen LogP contribution < -0.4 is 9.62 Å². The van der Waals surface area contributed by atoms with Crippen LogP contribution in [0.15, 0.2) is 83.8 Å². The summed E-state index contributed by atoms with van der Waals surface area (Å²) in [6.07, 6.45) is 0.898. The third-order valence-corrected chi connectivity index (χ3v) is 8.40. The Hall–Kier alpha value is -4.32. The molecule has 0 aromatic heterocycles. The van der Waals surface area contributed by atoms with Crippen molar-refractivity contribution in [1.29, 1.82) is 0 Å². The number of hydrogen-bond acceptors (Lipinski definition) is 6. The van der Waals surface area contributed by atoms with Crippen molar-refractivity contribution in [3.05, 3.63) is 100 Å². The summed E-state index contributed by atoms with van der Waals surface area (Å²) < 4.78 is 42.0. The molecule has 2 atom stereocenters. The topological polar surface area (TPSA) is 130 Å². The summed E-state index contributed by atoms with van der Waals surface area (Å²) in [5.41, 5.74) is 0.330. The number of hydrogen-bond donors (Lipinski definition) is 1. The van der Waals surface area contributed by atoms with Gasteiger partial charge in [0.05, 0.1) is 15.5 Å². The van der Waals surface area contributed by atoms with Gasteiger partial charge in [0.25, 0.3) is 15.7 Å². The SMILES string of the molecule is CC[C@@H](C)NC(=O)[C@@H](CC)N(Cc1ccc(F)cc1)C(=O)CN(c1ccc([N+](=O)[O-])cc1)S(=O)(=O)c1ccccc1. The van der Waals surface area contributed by atoms with Crippen molar-refractivity contribution >= 4 is 33.2 Å². The zero-order valence-electron chi connectivity index (χ0n) is 23.1. The van der Waals surface area contributed by atoms with Crippen molar-refractivity contribution in [2.75, 3.05) is 10.8 Å². The maximum Gasteiger partial charge on any atom is 0.269 e. The lowest BCUT2D eigenvalue weighted by molar-refractivity contribution is -0.384. The van der Waals surface area contributed by atoms with Gasteiger partial charge in [0.2, 0.25) is 11.8 Å². The van der Waals surface area contributed by atoms with Gasteiger partial charge < -0.3 is 10.2 Å². The fourth-order valence-corrected chi connectivity index (χ4v) is 5.57. The highest BCUT2D eigenvalue weighted by Gasteiger charge is 2.34. The number of rotatable bonds is 13. The number of nitro benzene ring substituents is 1. The molecule has 10 nitrogen and oxygen atoms in total. The largest absolute Gasteiger partial charge is 0.352 e. The normalized spacial score (nSPS) is 12.7. The lowest BCUT2D eigenvalue weighted by atomic mass is 10.1. The van der Waals surface area contributed by atoms with E-state index in [1.54, 1.807) is 13.0 Å². The third-order valence-electron chi connectivity index (χ3n) is 6.61. The lowest BCUT2D eigenvalue weighted by Crippen LogP contribution is -2.53. The van der Waals surface area contributed by atoms with Crippen LogP contribution in [0.25, 0.3) is 0 Å². The van der Waals surface area contributed by atoms with Gasteiger partial charge >= 0.3 is 0 Å². The second-order valence-electron chi connectivity index (χ2n) is 9.49. The van der Waals surface area contributed by atoms with E-state index in [0.29, 0.717) is 12.0 Å². The summed E-state index contributed by atoms with van der Waals surface area (Å²) in [6.45, 7) is 4.71. The number of sulfonamides is 1. The van der Waals surface area contributed by atoms with E-state index < -0.39 is 45.2 Å². The number of amides is 2. The van der Waals surface area contributed by atoms with E-state index in [0.717, 1.165) is 16.4 Å². The first-order valence-electron chi connectivity index (χ1n) is 13.1. The fourth-order valence-electron chi connectivity index (χ4n) is 4.14. The minimum atomic E-state index is -4.30. The molecule has 1 N–H and O–H groups in total. The quantitative estimate of drug-likeness (QED) is 0.230. The van der Waals surface area contributed by atoms with Crippen LogP contribution in [0.4, 0.5) is 15.8 Å². The Morgan fingerprint density at radius 1 is 0.951 bits per heavy atom. The van der Waals surface area contributed by atoms with E-state index in [9.17, 15) is 32.5 Å². The number of carbonyl (C=O) groups is 2. The molecule has 0 saturated carbocycles. The molecule has 0 saturated heterocycles. The zero-order valence-corrected chi connectivity index (χ0v) is 23.9. The van der Waals surface area contributed by atoms with Gasteiger partial charge in [0.1, 0.15) is 18.4 Å². The van der Waals surface area contributed by atoms with Crippen LogP contribution in [0.5, 0.6) is 0 Å². The molecule has 0 unspecified atom stereocenters. The molecule has 12 heteroatoms. The smallest absolute Gasteiger partial charge is 0.269 e. The van der Waals surface area contributed by atoms with Crippen LogP contribution in [0.3, 0.4) is 0 Å². The molecule has 0 radical (unpaired) electrons. The highest BCUT2D eigenvalue weighted by molar-refractivity contribution is 7.92. The molecule has 3 aromatic carbocycles. The van der Waals surface area contributed by atoms with E-state index >= 15 is 0 Å². The van der Waals surface area contributed by atoms with Gasteiger partial charge in [-0.3, -0.25) is 24.0 Å². The average molecular weight is 585 g/mol. The van der Waals surface area contributed by atoms with Gasteiger partial charge in [-0.1, -0.05) is 44.2 Å². The van der Waals surface area contributed by atoms with Crippen molar-refractivity contribution in [3.8, 4) is 0 Å². The molecule has 0 aliphatic heterocycles. The van der Waals surface area contributed by atoms with Crippen LogP contribution in [0.2, 0.25) is 0 Å². The standard InChI is InChI=1S/C29H33FN4O6S/c1-4-21(3)31-29(36)27(5-2)32(19-22-11-13-23(30)14-12-22)28(35)20-33(24-15-17-25(18-16-24)34(37)38)41(39,40)26-9-7-6-8-10-26/h6-18,21,27H,4-5,19-20H2,1-3H3,(H,31,36)/t21-,27-/m1/s1. The Morgan fingerprint density at radius 2 is 1.56 bits per heavy atom. The number of nitrogens with zero attached hydrogens (tertiary/aromatic N) is 3. The highest BCUT2D eigenvalue weighted by atomic mass is 32.2. The predicted octanol–water partition coefficient (Wildman–Crippen LogP) is 4.65. The lowest BCUT2D eigenvalue weighted by Gasteiger charge is -2.33. The first-order valence-corrected chi connectivity index (χ1v) is 14.6. The summed E-state index contributed by atoms with van der Waals surface area (Å²) in [5, 5.41) is 14.1. The Bertz CT molecular complexity index is 1450. The fraction of sp³-hybridized carbons (Fsp3) is 0.310. The molecular weight excluding hydrogens is 551 g/mol. The number of benzene rings is 3. The van der Waals surface area contributed by atoms with Gasteiger partial charge in [-0.2, -0.15) is 0 Å². The molecule has 218 valence electrons. The van der Waals surface area contributed by atoms with Crippen molar-refractivity contribution in [2.45, 2.75) is 57.1 Å².